The number of morpholine rings is 1. The molecule has 43 heavy (non-hydrogen) atoms. The number of hydrogen-bond acceptors (Lipinski definition) is 10. The molecule has 5 rings (SSSR count). The van der Waals surface area contributed by atoms with Crippen molar-refractivity contribution in [1.82, 2.24) is 10.1 Å². The van der Waals surface area contributed by atoms with Crippen molar-refractivity contribution in [3.8, 4) is 21.9 Å². The van der Waals surface area contributed by atoms with Crippen molar-refractivity contribution in [3.63, 3.8) is 0 Å². The van der Waals surface area contributed by atoms with Gasteiger partial charge in [-0.25, -0.2) is 8.42 Å². The predicted octanol–water partition coefficient (Wildman–Crippen LogP) is 5.55. The van der Waals surface area contributed by atoms with Crippen LogP contribution in [0.1, 0.15) is 21.7 Å². The Morgan fingerprint density at radius 2 is 1.88 bits per heavy atom. The van der Waals surface area contributed by atoms with E-state index in [1.54, 1.807) is 31.4 Å². The van der Waals surface area contributed by atoms with Gasteiger partial charge in [-0.1, -0.05) is 11.2 Å². The molecule has 0 unspecified atom stereocenters. The average Bonchev–Trinajstić information content (AvgIpc) is 3.68. The monoisotopic (exact) mass is 645 g/mol. The van der Waals surface area contributed by atoms with Crippen LogP contribution < -0.4 is 14.2 Å². The number of allylic oxidation sites excluding steroid dienone is 1. The molecule has 0 amide bonds. The highest BCUT2D eigenvalue weighted by Crippen LogP contribution is 2.39. The molecule has 1 fully saturated rings. The van der Waals surface area contributed by atoms with E-state index in [1.807, 2.05) is 29.6 Å². The molecule has 4 aromatic rings. The molecule has 3 heterocycles. The van der Waals surface area contributed by atoms with Gasteiger partial charge >= 0.3 is 0 Å². The van der Waals surface area contributed by atoms with Crippen LogP contribution in [0.5, 0.6) is 11.5 Å². The van der Waals surface area contributed by atoms with Gasteiger partial charge < -0.3 is 18.7 Å². The van der Waals surface area contributed by atoms with Gasteiger partial charge in [0.2, 0.25) is 0 Å². The highest BCUT2D eigenvalue weighted by Gasteiger charge is 2.18. The lowest BCUT2D eigenvalue weighted by atomic mass is 10.0. The second-order valence-electron chi connectivity index (χ2n) is 9.52. The summed E-state index contributed by atoms with van der Waals surface area (Å²) in [5, 5.41) is 5.65. The van der Waals surface area contributed by atoms with Gasteiger partial charge in [-0.2, -0.15) is 0 Å². The van der Waals surface area contributed by atoms with E-state index in [4.69, 9.17) is 18.7 Å². The lowest BCUT2D eigenvalue weighted by Gasteiger charge is -2.26. The van der Waals surface area contributed by atoms with E-state index in [-0.39, 0.29) is 28.9 Å². The third-order valence-corrected chi connectivity index (χ3v) is 8.89. The third-order valence-electron chi connectivity index (χ3n) is 6.62. The Kier molecular flexibility index (Phi) is 11.0. The molecule has 1 saturated heterocycles. The van der Waals surface area contributed by atoms with Crippen LogP contribution in [0.4, 0.5) is 5.82 Å². The van der Waals surface area contributed by atoms with E-state index in [0.717, 1.165) is 35.6 Å². The number of aromatic nitrogens is 1. The molecule has 0 aliphatic carbocycles. The Balaban J connectivity index is 0.00000423. The van der Waals surface area contributed by atoms with Crippen LogP contribution in [0, 0.1) is 6.92 Å². The summed E-state index contributed by atoms with van der Waals surface area (Å²) in [7, 11) is -2.27. The summed E-state index contributed by atoms with van der Waals surface area (Å²) in [4.78, 5) is 16.4. The van der Waals surface area contributed by atoms with Gasteiger partial charge in [0.05, 0.1) is 25.2 Å². The largest absolute Gasteiger partial charge is 0.496 e. The van der Waals surface area contributed by atoms with Crippen LogP contribution in [-0.4, -0.2) is 70.8 Å². The standard InChI is InChI=1S/C30H31N3O7S2.ClH/c1-21-18-30(31-40-21)32-42(35,36)24-8-5-22(6-9-24)26(34)10-7-23-19-25(29-4-3-17-41-29)28(37-2)20-27(23)39-16-13-33-11-14-38-15-12-33;/h3-10,17-20H,11-16H2,1-2H3,(H,31,32);1H. The van der Waals surface area contributed by atoms with Gasteiger partial charge in [0, 0.05) is 53.3 Å². The fourth-order valence-corrected chi connectivity index (χ4v) is 6.14. The maximum atomic E-state index is 13.1. The lowest BCUT2D eigenvalue weighted by molar-refractivity contribution is 0.0322. The molecule has 1 N–H and O–H groups in total. The molecule has 2 aromatic heterocycles. The minimum Gasteiger partial charge on any atom is -0.496 e. The van der Waals surface area contributed by atoms with Gasteiger partial charge in [-0.05, 0) is 60.9 Å². The second kappa shape index (κ2) is 14.7. The Hall–Kier alpha value is -3.68. The van der Waals surface area contributed by atoms with Crippen LogP contribution >= 0.6 is 23.7 Å². The van der Waals surface area contributed by atoms with Gasteiger partial charge in [0.25, 0.3) is 10.0 Å². The molecule has 1 aliphatic heterocycles. The number of nitrogens with one attached hydrogen (secondary N) is 1. The molecule has 0 atom stereocenters. The van der Waals surface area contributed by atoms with Gasteiger partial charge in [-0.3, -0.25) is 14.4 Å². The number of aryl methyl sites for hydroxylation is 1. The number of rotatable bonds is 12. The van der Waals surface area contributed by atoms with Crippen LogP contribution in [0.2, 0.25) is 0 Å². The molecule has 13 heteroatoms. The van der Waals surface area contributed by atoms with E-state index in [1.165, 1.54) is 36.4 Å². The number of ether oxygens (including phenoxy) is 3. The summed E-state index contributed by atoms with van der Waals surface area (Å²) in [5.41, 5.74) is 1.95. The number of sulfonamides is 1. The fourth-order valence-electron chi connectivity index (χ4n) is 4.41. The number of hydrogen-bond donors (Lipinski definition) is 1. The van der Waals surface area contributed by atoms with Crippen LogP contribution in [0.3, 0.4) is 0 Å². The predicted molar refractivity (Wildman–Crippen MR) is 168 cm³/mol. The number of nitrogens with zero attached hydrogens (tertiary/aromatic N) is 2. The van der Waals surface area contributed by atoms with Gasteiger partial charge in [0.15, 0.2) is 11.6 Å². The minimum absolute atomic E-state index is 0. The van der Waals surface area contributed by atoms with Crippen molar-refractivity contribution in [2.45, 2.75) is 11.8 Å². The molecule has 228 valence electrons. The van der Waals surface area contributed by atoms with E-state index in [9.17, 15) is 13.2 Å². The molecule has 0 saturated carbocycles. The molecular formula is C30H32ClN3O7S2. The zero-order chi connectivity index (χ0) is 29.5. The Morgan fingerprint density at radius 3 is 2.53 bits per heavy atom. The number of carbonyl (C=O) groups excluding carboxylic acids is 1. The zero-order valence-electron chi connectivity index (χ0n) is 23.6. The van der Waals surface area contributed by atoms with Crippen molar-refractivity contribution in [2.24, 2.45) is 0 Å². The number of benzene rings is 2. The molecule has 0 bridgehead atoms. The quantitative estimate of drug-likeness (QED) is 0.156. The van der Waals surface area contributed by atoms with Crippen LogP contribution in [0.15, 0.2) is 75.5 Å². The van der Waals surface area contributed by atoms with E-state index in [0.29, 0.717) is 42.6 Å². The summed E-state index contributed by atoms with van der Waals surface area (Å²) in [5.74, 6) is 1.55. The molecule has 0 spiro atoms. The van der Waals surface area contributed by atoms with Crippen LogP contribution in [-0.2, 0) is 14.8 Å². The molecule has 2 aromatic carbocycles. The number of carbonyl (C=O) groups is 1. The number of methoxy groups -OCH3 is 1. The molecule has 10 nitrogen and oxygen atoms in total. The number of anilines is 1. The normalized spacial score (nSPS) is 13.9. The first-order valence-electron chi connectivity index (χ1n) is 13.3. The fraction of sp³-hybridized carbons (Fsp3) is 0.267. The first-order chi connectivity index (χ1) is 20.3. The summed E-state index contributed by atoms with van der Waals surface area (Å²) < 4.78 is 49.9. The highest BCUT2D eigenvalue weighted by molar-refractivity contribution is 7.92. The SMILES string of the molecule is COc1cc(OCCN2CCOCC2)c(C=CC(=O)c2ccc(S(=O)(=O)Nc3cc(C)on3)cc2)cc1-c1cccs1.Cl. The van der Waals surface area contributed by atoms with E-state index in [2.05, 4.69) is 14.8 Å². The lowest BCUT2D eigenvalue weighted by Crippen LogP contribution is -2.38. The van der Waals surface area contributed by atoms with Crippen molar-refractivity contribution in [3.05, 3.63) is 82.9 Å². The Labute approximate surface area is 260 Å². The maximum absolute atomic E-state index is 13.1. The highest BCUT2D eigenvalue weighted by atomic mass is 35.5. The van der Waals surface area contributed by atoms with Crippen molar-refractivity contribution < 1.29 is 31.9 Å². The van der Waals surface area contributed by atoms with Crippen LogP contribution in [0.25, 0.3) is 16.5 Å². The number of halogens is 1. The van der Waals surface area contributed by atoms with Gasteiger partial charge in [-0.15, -0.1) is 23.7 Å². The topological polar surface area (TPSA) is 120 Å². The zero-order valence-corrected chi connectivity index (χ0v) is 26.1. The first-order valence-corrected chi connectivity index (χ1v) is 15.7. The summed E-state index contributed by atoms with van der Waals surface area (Å²) in [6, 6.07) is 14.9. The number of ketones is 1. The third kappa shape index (κ3) is 8.24. The number of thiophene rings is 1. The Bertz CT molecular complexity index is 1650. The van der Waals surface area contributed by atoms with E-state index < -0.39 is 10.0 Å². The smallest absolute Gasteiger partial charge is 0.263 e. The van der Waals surface area contributed by atoms with E-state index >= 15 is 0 Å². The Morgan fingerprint density at radius 1 is 1.12 bits per heavy atom. The first kappa shape index (κ1) is 32.2. The van der Waals surface area contributed by atoms with Crippen molar-refractivity contribution >= 4 is 51.4 Å². The maximum Gasteiger partial charge on any atom is 0.263 e. The van der Waals surface area contributed by atoms with Crippen molar-refractivity contribution in [2.75, 3.05) is 51.3 Å². The molecule has 0 radical (unpaired) electrons. The minimum atomic E-state index is -3.89. The molecular weight excluding hydrogens is 614 g/mol. The average molecular weight is 646 g/mol. The van der Waals surface area contributed by atoms with Gasteiger partial charge in [0.1, 0.15) is 23.9 Å². The summed E-state index contributed by atoms with van der Waals surface area (Å²) >= 11 is 1.59. The summed E-state index contributed by atoms with van der Waals surface area (Å²) in [6.07, 6.45) is 3.16. The second-order valence-corrected chi connectivity index (χ2v) is 12.2. The summed E-state index contributed by atoms with van der Waals surface area (Å²) in [6.45, 7) is 6.03. The van der Waals surface area contributed by atoms with Crippen molar-refractivity contribution in [1.29, 1.82) is 0 Å². The molecule has 1 aliphatic rings.